The van der Waals surface area contributed by atoms with Gasteiger partial charge in [0.25, 0.3) is 0 Å². The summed E-state index contributed by atoms with van der Waals surface area (Å²) in [4.78, 5) is 12.2. The fourth-order valence-electron chi connectivity index (χ4n) is 2.21. The third-order valence-electron chi connectivity index (χ3n) is 3.61. The zero-order chi connectivity index (χ0) is 15.2. The van der Waals surface area contributed by atoms with E-state index in [0.717, 1.165) is 5.56 Å². The first-order valence-electron chi connectivity index (χ1n) is 6.82. The van der Waals surface area contributed by atoms with Crippen molar-refractivity contribution in [3.8, 4) is 5.75 Å². The quantitative estimate of drug-likeness (QED) is 0.586. The summed E-state index contributed by atoms with van der Waals surface area (Å²) >= 11 is 0. The molecule has 1 atom stereocenters. The maximum atomic E-state index is 12.2. The Morgan fingerprint density at radius 2 is 2.05 bits per heavy atom. The van der Waals surface area contributed by atoms with Gasteiger partial charge in [0.1, 0.15) is 5.75 Å². The molecular formula is C15H24N2O3. The van der Waals surface area contributed by atoms with E-state index in [1.165, 1.54) is 0 Å². The van der Waals surface area contributed by atoms with E-state index >= 15 is 0 Å². The van der Waals surface area contributed by atoms with Crippen molar-refractivity contribution in [3.63, 3.8) is 0 Å². The number of hydrogen-bond acceptors (Lipinski definition) is 5. The number of methoxy groups -OCH3 is 1. The van der Waals surface area contributed by atoms with E-state index in [2.05, 4.69) is 0 Å². The van der Waals surface area contributed by atoms with Crippen molar-refractivity contribution in [3.05, 3.63) is 23.8 Å². The van der Waals surface area contributed by atoms with Crippen molar-refractivity contribution >= 4 is 11.7 Å². The highest BCUT2D eigenvalue weighted by Gasteiger charge is 2.37. The molecule has 4 N–H and O–H groups in total. The Morgan fingerprint density at radius 3 is 2.50 bits per heavy atom. The minimum atomic E-state index is -0.697. The summed E-state index contributed by atoms with van der Waals surface area (Å²) in [5.74, 6) is 0.374. The lowest BCUT2D eigenvalue weighted by molar-refractivity contribution is -0.155. The molecule has 0 saturated heterocycles. The second kappa shape index (κ2) is 7.14. The molecule has 0 fully saturated rings. The first-order chi connectivity index (χ1) is 9.52. The molecule has 20 heavy (non-hydrogen) atoms. The molecule has 0 bridgehead atoms. The van der Waals surface area contributed by atoms with Gasteiger partial charge in [0.2, 0.25) is 0 Å². The van der Waals surface area contributed by atoms with Crippen molar-refractivity contribution in [2.45, 2.75) is 26.7 Å². The average molecular weight is 280 g/mol. The Balaban J connectivity index is 3.01. The zero-order valence-corrected chi connectivity index (χ0v) is 12.4. The Morgan fingerprint density at radius 1 is 1.35 bits per heavy atom. The predicted molar refractivity (Wildman–Crippen MR) is 79.5 cm³/mol. The van der Waals surface area contributed by atoms with Crippen molar-refractivity contribution in [2.24, 2.45) is 11.1 Å². The smallest absolute Gasteiger partial charge is 0.313 e. The largest absolute Gasteiger partial charge is 0.495 e. The monoisotopic (exact) mass is 280 g/mol. The zero-order valence-electron chi connectivity index (χ0n) is 12.4. The van der Waals surface area contributed by atoms with Gasteiger partial charge in [0.15, 0.2) is 0 Å². The topological polar surface area (TPSA) is 87.6 Å². The van der Waals surface area contributed by atoms with E-state index in [9.17, 15) is 4.79 Å². The molecule has 0 aromatic heterocycles. The first kappa shape index (κ1) is 16.3. The van der Waals surface area contributed by atoms with E-state index < -0.39 is 5.41 Å². The molecular weight excluding hydrogens is 256 g/mol. The molecule has 5 nitrogen and oxygen atoms in total. The molecule has 0 aliphatic carbocycles. The van der Waals surface area contributed by atoms with Crippen LogP contribution in [0.5, 0.6) is 5.75 Å². The number of rotatable bonds is 7. The minimum absolute atomic E-state index is 0.244. The lowest BCUT2D eigenvalue weighted by atomic mass is 9.79. The Kier molecular flexibility index (Phi) is 5.82. The summed E-state index contributed by atoms with van der Waals surface area (Å²) in [6.45, 7) is 4.33. The van der Waals surface area contributed by atoms with Crippen molar-refractivity contribution in [1.82, 2.24) is 0 Å². The number of hydrogen-bond donors (Lipinski definition) is 2. The first-order valence-corrected chi connectivity index (χ1v) is 6.82. The van der Waals surface area contributed by atoms with Gasteiger partial charge >= 0.3 is 5.97 Å². The normalized spacial score (nSPS) is 13.6. The maximum Gasteiger partial charge on any atom is 0.313 e. The van der Waals surface area contributed by atoms with Crippen LogP contribution in [0.1, 0.15) is 25.8 Å². The summed E-state index contributed by atoms with van der Waals surface area (Å²) < 4.78 is 10.3. The highest BCUT2D eigenvalue weighted by molar-refractivity contribution is 5.77. The van der Waals surface area contributed by atoms with Gasteiger partial charge in [-0.05, 0) is 37.5 Å². The number of benzene rings is 1. The van der Waals surface area contributed by atoms with Gasteiger partial charge in [-0.3, -0.25) is 4.79 Å². The summed E-state index contributed by atoms with van der Waals surface area (Å²) in [7, 11) is 1.57. The fourth-order valence-corrected chi connectivity index (χ4v) is 2.21. The summed E-state index contributed by atoms with van der Waals surface area (Å²) in [6.07, 6.45) is 1.13. The van der Waals surface area contributed by atoms with Gasteiger partial charge in [-0.25, -0.2) is 0 Å². The molecule has 1 rings (SSSR count). The van der Waals surface area contributed by atoms with Crippen LogP contribution in [0.3, 0.4) is 0 Å². The van der Waals surface area contributed by atoms with Crippen LogP contribution in [0.15, 0.2) is 18.2 Å². The van der Waals surface area contributed by atoms with Crippen molar-refractivity contribution < 1.29 is 14.3 Å². The van der Waals surface area contributed by atoms with Gasteiger partial charge < -0.3 is 20.9 Å². The van der Waals surface area contributed by atoms with Gasteiger partial charge in [-0.2, -0.15) is 0 Å². The van der Waals surface area contributed by atoms with Crippen LogP contribution < -0.4 is 16.2 Å². The van der Waals surface area contributed by atoms with Gasteiger partial charge in [0.05, 0.1) is 24.8 Å². The van der Waals surface area contributed by atoms with Crippen LogP contribution in [0.4, 0.5) is 5.69 Å². The van der Waals surface area contributed by atoms with Gasteiger partial charge in [-0.15, -0.1) is 0 Å². The van der Waals surface area contributed by atoms with E-state index in [4.69, 9.17) is 20.9 Å². The summed E-state index contributed by atoms with van der Waals surface area (Å²) in [6, 6.07) is 5.51. The predicted octanol–water partition coefficient (Wildman–Crippen LogP) is 1.74. The van der Waals surface area contributed by atoms with Crippen LogP contribution in [0, 0.1) is 5.41 Å². The van der Waals surface area contributed by atoms with E-state index in [0.29, 0.717) is 30.9 Å². The number of nitrogens with two attached hydrogens (primary N) is 2. The number of carbonyl (C=O) groups is 1. The minimum Gasteiger partial charge on any atom is -0.495 e. The molecule has 0 saturated carbocycles. The van der Waals surface area contributed by atoms with Crippen LogP contribution in [-0.4, -0.2) is 26.2 Å². The van der Waals surface area contributed by atoms with Gasteiger partial charge in [0, 0.05) is 6.54 Å². The van der Waals surface area contributed by atoms with Crippen LogP contribution in [0.25, 0.3) is 0 Å². The molecule has 112 valence electrons. The fraction of sp³-hybridized carbons (Fsp3) is 0.533. The van der Waals surface area contributed by atoms with Crippen LogP contribution >= 0.6 is 0 Å². The molecule has 0 spiro atoms. The number of carbonyl (C=O) groups excluding carboxylic acids is 1. The molecule has 1 unspecified atom stereocenters. The highest BCUT2D eigenvalue weighted by Crippen LogP contribution is 2.30. The van der Waals surface area contributed by atoms with Crippen LogP contribution in [-0.2, 0) is 16.0 Å². The van der Waals surface area contributed by atoms with Crippen LogP contribution in [0.2, 0.25) is 0 Å². The third kappa shape index (κ3) is 3.42. The molecule has 1 aromatic rings. The lowest BCUT2D eigenvalue weighted by Gasteiger charge is -2.29. The Hall–Kier alpha value is -1.75. The number of ether oxygens (including phenoxy) is 2. The Bertz CT molecular complexity index is 456. The molecule has 0 amide bonds. The maximum absolute atomic E-state index is 12.2. The second-order valence-corrected chi connectivity index (χ2v) is 4.81. The van der Waals surface area contributed by atoms with Crippen molar-refractivity contribution in [2.75, 3.05) is 26.0 Å². The SMILES string of the molecule is CCOC(=O)C(CC)(CN)Cc1ccc(OC)c(N)c1. The molecule has 0 heterocycles. The number of esters is 1. The van der Waals surface area contributed by atoms with E-state index in [1.54, 1.807) is 20.1 Å². The molecule has 0 radical (unpaired) electrons. The van der Waals surface area contributed by atoms with E-state index in [-0.39, 0.29) is 12.5 Å². The standard InChI is InChI=1S/C15H24N2O3/c1-4-15(10-16,14(18)20-5-2)9-11-6-7-13(19-3)12(17)8-11/h6-8H,4-5,9-10,16-17H2,1-3H3. The lowest BCUT2D eigenvalue weighted by Crippen LogP contribution is -2.41. The number of anilines is 1. The van der Waals surface area contributed by atoms with Gasteiger partial charge in [-0.1, -0.05) is 13.0 Å². The molecule has 1 aromatic carbocycles. The van der Waals surface area contributed by atoms with Crippen molar-refractivity contribution in [1.29, 1.82) is 0 Å². The highest BCUT2D eigenvalue weighted by atomic mass is 16.5. The number of nitrogen functional groups attached to an aromatic ring is 1. The molecule has 0 aliphatic heterocycles. The molecule has 0 aliphatic rings. The third-order valence-corrected chi connectivity index (χ3v) is 3.61. The summed E-state index contributed by atoms with van der Waals surface area (Å²) in [5.41, 5.74) is 12.5. The second-order valence-electron chi connectivity index (χ2n) is 4.81. The molecule has 5 heteroatoms. The van der Waals surface area contributed by atoms with E-state index in [1.807, 2.05) is 19.1 Å². The Labute approximate surface area is 120 Å². The summed E-state index contributed by atoms with van der Waals surface area (Å²) in [5, 5.41) is 0. The average Bonchev–Trinajstić information content (AvgIpc) is 2.45.